The fraction of sp³-hybridized carbons (Fsp3) is 0.438. The van der Waals surface area contributed by atoms with Crippen LogP contribution in [-0.4, -0.2) is 57.0 Å². The molecule has 2 atom stereocenters. The van der Waals surface area contributed by atoms with Crippen molar-refractivity contribution < 1.29 is 9.53 Å². The average molecular weight is 332 g/mol. The van der Waals surface area contributed by atoms with E-state index in [0.29, 0.717) is 29.8 Å². The van der Waals surface area contributed by atoms with Crippen molar-refractivity contribution in [2.24, 2.45) is 0 Å². The predicted molar refractivity (Wildman–Crippen MR) is 89.1 cm³/mol. The summed E-state index contributed by atoms with van der Waals surface area (Å²) in [6.07, 6.45) is 0.168. The van der Waals surface area contributed by atoms with Crippen molar-refractivity contribution in [1.82, 2.24) is 20.1 Å². The number of carbonyl (C=O) groups is 1. The first-order valence-electron chi connectivity index (χ1n) is 7.65. The lowest BCUT2D eigenvalue weighted by atomic mass is 10.2. The largest absolute Gasteiger partial charge is 0.372 e. The maximum absolute atomic E-state index is 12.3. The number of hydrogen-bond acceptors (Lipinski definition) is 5. The number of amides is 1. The van der Waals surface area contributed by atoms with E-state index >= 15 is 0 Å². The molecule has 3 rings (SSSR count). The standard InChI is InChI=1S/C16H20N4O2S/c1-11-8-20(9-12(2)22-11)14(21)10-23-16-17-15(18-19-16)13-6-4-3-5-7-13/h3-7,11-12H,8-10H2,1-2H3,(H,17,18,19)/t11-,12-/m1/s1. The van der Waals surface area contributed by atoms with Gasteiger partial charge in [-0.3, -0.25) is 9.89 Å². The van der Waals surface area contributed by atoms with Crippen molar-refractivity contribution in [3.05, 3.63) is 30.3 Å². The number of nitrogens with one attached hydrogen (secondary N) is 1. The van der Waals surface area contributed by atoms with Gasteiger partial charge in [-0.2, -0.15) is 0 Å². The SMILES string of the molecule is C[C@@H]1CN(C(=O)CSc2n[nH]c(-c3ccccc3)n2)C[C@@H](C)O1. The van der Waals surface area contributed by atoms with Crippen molar-refractivity contribution in [2.45, 2.75) is 31.2 Å². The smallest absolute Gasteiger partial charge is 0.233 e. The fourth-order valence-electron chi connectivity index (χ4n) is 2.64. The maximum atomic E-state index is 12.3. The lowest BCUT2D eigenvalue weighted by Gasteiger charge is -2.35. The molecule has 1 fully saturated rings. The highest BCUT2D eigenvalue weighted by Crippen LogP contribution is 2.20. The van der Waals surface area contributed by atoms with Crippen LogP contribution in [0.25, 0.3) is 11.4 Å². The number of thioether (sulfide) groups is 1. The van der Waals surface area contributed by atoms with Gasteiger partial charge in [0.1, 0.15) is 0 Å². The van der Waals surface area contributed by atoms with Crippen LogP contribution >= 0.6 is 11.8 Å². The third-order valence-corrected chi connectivity index (χ3v) is 4.44. The Hall–Kier alpha value is -1.86. The van der Waals surface area contributed by atoms with Gasteiger partial charge in [0.25, 0.3) is 0 Å². The van der Waals surface area contributed by atoms with Crippen molar-refractivity contribution in [2.75, 3.05) is 18.8 Å². The molecule has 1 saturated heterocycles. The molecule has 23 heavy (non-hydrogen) atoms. The molecular formula is C16H20N4O2S. The highest BCUT2D eigenvalue weighted by molar-refractivity contribution is 7.99. The van der Waals surface area contributed by atoms with Gasteiger partial charge in [0.05, 0.1) is 18.0 Å². The Balaban J connectivity index is 1.56. The molecule has 7 heteroatoms. The van der Waals surface area contributed by atoms with Gasteiger partial charge in [0.2, 0.25) is 11.1 Å². The third kappa shape index (κ3) is 4.11. The number of morpholine rings is 1. The van der Waals surface area contributed by atoms with E-state index in [-0.39, 0.29) is 18.1 Å². The summed E-state index contributed by atoms with van der Waals surface area (Å²) in [7, 11) is 0. The minimum absolute atomic E-state index is 0.0842. The minimum atomic E-state index is 0.0842. The summed E-state index contributed by atoms with van der Waals surface area (Å²) in [5.74, 6) is 1.16. The predicted octanol–water partition coefficient (Wildman–Crippen LogP) is 2.20. The highest BCUT2D eigenvalue weighted by atomic mass is 32.2. The molecule has 2 heterocycles. The Bertz CT molecular complexity index is 651. The van der Waals surface area contributed by atoms with Gasteiger partial charge in [-0.15, -0.1) is 5.10 Å². The molecule has 1 aliphatic heterocycles. The normalized spacial score (nSPS) is 21.4. The van der Waals surface area contributed by atoms with E-state index in [4.69, 9.17) is 4.74 Å². The molecule has 0 unspecified atom stereocenters. The molecule has 1 aromatic carbocycles. The van der Waals surface area contributed by atoms with E-state index in [2.05, 4.69) is 15.2 Å². The van der Waals surface area contributed by atoms with Gasteiger partial charge in [0, 0.05) is 18.7 Å². The lowest BCUT2D eigenvalue weighted by Crippen LogP contribution is -2.48. The van der Waals surface area contributed by atoms with Gasteiger partial charge < -0.3 is 9.64 Å². The van der Waals surface area contributed by atoms with Crippen LogP contribution in [0.1, 0.15) is 13.8 Å². The van der Waals surface area contributed by atoms with E-state index in [1.807, 2.05) is 49.1 Å². The Morgan fingerprint density at radius 1 is 1.30 bits per heavy atom. The molecular weight excluding hydrogens is 312 g/mol. The van der Waals surface area contributed by atoms with Crippen molar-refractivity contribution in [3.8, 4) is 11.4 Å². The van der Waals surface area contributed by atoms with E-state index < -0.39 is 0 Å². The molecule has 1 N–H and O–H groups in total. The van der Waals surface area contributed by atoms with Crippen molar-refractivity contribution >= 4 is 17.7 Å². The Labute approximate surface area is 139 Å². The first kappa shape index (κ1) is 16.0. The molecule has 0 saturated carbocycles. The topological polar surface area (TPSA) is 71.1 Å². The summed E-state index contributed by atoms with van der Waals surface area (Å²) in [6.45, 7) is 5.27. The molecule has 1 amide bonds. The van der Waals surface area contributed by atoms with E-state index in [1.54, 1.807) is 0 Å². The van der Waals surface area contributed by atoms with Crippen molar-refractivity contribution in [3.63, 3.8) is 0 Å². The second-order valence-electron chi connectivity index (χ2n) is 5.68. The van der Waals surface area contributed by atoms with Gasteiger partial charge >= 0.3 is 0 Å². The summed E-state index contributed by atoms with van der Waals surface area (Å²) < 4.78 is 5.65. The van der Waals surface area contributed by atoms with Crippen molar-refractivity contribution in [1.29, 1.82) is 0 Å². The minimum Gasteiger partial charge on any atom is -0.372 e. The third-order valence-electron chi connectivity index (χ3n) is 3.61. The highest BCUT2D eigenvalue weighted by Gasteiger charge is 2.25. The summed E-state index contributed by atoms with van der Waals surface area (Å²) in [5.41, 5.74) is 0.981. The van der Waals surface area contributed by atoms with Crippen LogP contribution in [0, 0.1) is 0 Å². The summed E-state index contributed by atoms with van der Waals surface area (Å²) in [5, 5.41) is 7.67. The van der Waals surface area contributed by atoms with Crippen LogP contribution in [0.2, 0.25) is 0 Å². The van der Waals surface area contributed by atoms with Crippen LogP contribution in [0.5, 0.6) is 0 Å². The number of aromatic amines is 1. The van der Waals surface area contributed by atoms with E-state index in [9.17, 15) is 4.79 Å². The molecule has 2 aromatic rings. The summed E-state index contributed by atoms with van der Waals surface area (Å²) >= 11 is 1.35. The fourth-order valence-corrected chi connectivity index (χ4v) is 3.34. The van der Waals surface area contributed by atoms with Crippen LogP contribution in [0.3, 0.4) is 0 Å². The number of nitrogens with zero attached hydrogens (tertiary/aromatic N) is 3. The number of rotatable bonds is 4. The van der Waals surface area contributed by atoms with E-state index in [0.717, 1.165) is 5.56 Å². The van der Waals surface area contributed by atoms with Gasteiger partial charge in [0.15, 0.2) is 5.82 Å². The molecule has 0 radical (unpaired) electrons. The average Bonchev–Trinajstić information content (AvgIpc) is 3.01. The van der Waals surface area contributed by atoms with Gasteiger partial charge in [-0.1, -0.05) is 42.1 Å². The van der Waals surface area contributed by atoms with E-state index in [1.165, 1.54) is 11.8 Å². The zero-order valence-electron chi connectivity index (χ0n) is 13.2. The van der Waals surface area contributed by atoms with Crippen LogP contribution in [-0.2, 0) is 9.53 Å². The number of carbonyl (C=O) groups excluding carboxylic acids is 1. The van der Waals surface area contributed by atoms with Crippen LogP contribution in [0.4, 0.5) is 0 Å². The molecule has 6 nitrogen and oxygen atoms in total. The number of ether oxygens (including phenoxy) is 1. The second-order valence-corrected chi connectivity index (χ2v) is 6.62. The number of aromatic nitrogens is 3. The number of hydrogen-bond donors (Lipinski definition) is 1. The maximum Gasteiger partial charge on any atom is 0.233 e. The Morgan fingerprint density at radius 2 is 2.00 bits per heavy atom. The lowest BCUT2D eigenvalue weighted by molar-refractivity contribution is -0.140. The Morgan fingerprint density at radius 3 is 2.70 bits per heavy atom. The molecule has 122 valence electrons. The molecule has 0 aliphatic carbocycles. The number of benzene rings is 1. The van der Waals surface area contributed by atoms with Gasteiger partial charge in [-0.05, 0) is 13.8 Å². The first-order valence-corrected chi connectivity index (χ1v) is 8.64. The summed E-state index contributed by atoms with van der Waals surface area (Å²) in [6, 6.07) is 9.80. The van der Waals surface area contributed by atoms with Crippen LogP contribution in [0.15, 0.2) is 35.5 Å². The molecule has 0 bridgehead atoms. The first-order chi connectivity index (χ1) is 11.1. The number of H-pyrrole nitrogens is 1. The quantitative estimate of drug-likeness (QED) is 0.869. The van der Waals surface area contributed by atoms with Gasteiger partial charge in [-0.25, -0.2) is 4.98 Å². The molecule has 1 aliphatic rings. The van der Waals surface area contributed by atoms with Crippen LogP contribution < -0.4 is 0 Å². The molecule has 0 spiro atoms. The summed E-state index contributed by atoms with van der Waals surface area (Å²) in [4.78, 5) is 18.6. The monoisotopic (exact) mass is 332 g/mol. The Kier molecular flexibility index (Phi) is 4.97. The molecule has 1 aromatic heterocycles. The second kappa shape index (κ2) is 7.14. The zero-order valence-corrected chi connectivity index (χ0v) is 14.0. The zero-order chi connectivity index (χ0) is 16.2.